The fourth-order valence-corrected chi connectivity index (χ4v) is 8.61. The van der Waals surface area contributed by atoms with Gasteiger partial charge in [-0.15, -0.1) is 0 Å². The topological polar surface area (TPSA) is 115 Å². The molecular formula is C49H56F2N6O5. The number of aromatic nitrogens is 1. The number of benzene rings is 3. The predicted octanol–water partition coefficient (Wildman–Crippen LogP) is 9.14. The molecule has 2 aliphatic rings. The number of allylic oxidation sites excluding steroid dienone is 2. The number of likely N-dealkylation sites (N-methyl/N-ethyl adjacent to an activating group) is 1. The zero-order valence-electron chi connectivity index (χ0n) is 36.4. The summed E-state index contributed by atoms with van der Waals surface area (Å²) in [4.78, 5) is 61.5. The molecule has 1 N–H and O–H groups in total. The van der Waals surface area contributed by atoms with Gasteiger partial charge >= 0.3 is 0 Å². The molecule has 4 aromatic rings. The molecule has 0 saturated carbocycles. The highest BCUT2D eigenvalue weighted by molar-refractivity contribution is 6.04. The molecule has 6 rings (SSSR count). The molecule has 0 spiro atoms. The van der Waals surface area contributed by atoms with Gasteiger partial charge in [0.1, 0.15) is 11.8 Å². The molecule has 1 fully saturated rings. The number of carbonyl (C=O) groups is 4. The number of rotatable bonds is 16. The SMILES string of the molecule is C=C/C(C)=C\c1c(N(C)C)cc(OC)cc1N1CCCc2cc(-c3ccc(C4CCN(c5ccc(C(=O)N(C)C(CCC)C(=O)NC=O)c(C=O)c5)CC4)nc3)c(C(F)F)cc21. The Morgan fingerprint density at radius 1 is 1.02 bits per heavy atom. The van der Waals surface area contributed by atoms with Gasteiger partial charge in [-0.25, -0.2) is 8.78 Å². The number of aryl methyl sites for hydroxylation is 1. The molecule has 0 aliphatic carbocycles. The minimum atomic E-state index is -2.71. The number of aldehydes is 1. The molecule has 11 nitrogen and oxygen atoms in total. The standard InChI is InChI=1S/C49H56F2N6O5/c1-8-11-43(48(60)53-30-59)55(6)49(61)38-15-14-36(23-35(38)29-58)56-20-17-32(18-21-56)42-16-13-34(28-52-42)39-24-33-12-10-19-57(44(33)27-40(39)47(50)51)46-26-37(62-7)25-45(54(4)5)41(46)22-31(3)9-2/h9,13-16,22-30,32,43,47H,2,8,10-12,17-21H2,1,3-7H3,(H,53,59,60)/b31-22-. The molecule has 1 atom stereocenters. The smallest absolute Gasteiger partial charge is 0.264 e. The van der Waals surface area contributed by atoms with Gasteiger partial charge in [0.25, 0.3) is 12.3 Å². The van der Waals surface area contributed by atoms with Crippen molar-refractivity contribution in [2.75, 3.05) is 62.6 Å². The number of alkyl halides is 2. The molecule has 62 heavy (non-hydrogen) atoms. The van der Waals surface area contributed by atoms with Crippen molar-refractivity contribution in [3.63, 3.8) is 0 Å². The van der Waals surface area contributed by atoms with Crippen molar-refractivity contribution in [1.29, 1.82) is 0 Å². The Labute approximate surface area is 363 Å². The highest BCUT2D eigenvalue weighted by atomic mass is 19.3. The van der Waals surface area contributed by atoms with Crippen LogP contribution in [-0.2, 0) is 16.0 Å². The van der Waals surface area contributed by atoms with Gasteiger partial charge in [0.2, 0.25) is 12.3 Å². The first-order valence-electron chi connectivity index (χ1n) is 21.1. The minimum Gasteiger partial charge on any atom is -0.497 e. The molecule has 326 valence electrons. The summed E-state index contributed by atoms with van der Waals surface area (Å²) in [6.07, 6.45) is 7.90. The lowest BCUT2D eigenvalue weighted by Crippen LogP contribution is -2.47. The summed E-state index contributed by atoms with van der Waals surface area (Å²) in [5.41, 5.74) is 8.62. The van der Waals surface area contributed by atoms with E-state index in [1.54, 1.807) is 43.6 Å². The number of nitrogens with one attached hydrogen (secondary N) is 1. The first kappa shape index (κ1) is 45.2. The van der Waals surface area contributed by atoms with Crippen molar-refractivity contribution in [2.45, 2.75) is 70.8 Å². The van der Waals surface area contributed by atoms with Crippen LogP contribution in [0.3, 0.4) is 0 Å². The van der Waals surface area contributed by atoms with Gasteiger partial charge < -0.3 is 24.3 Å². The number of fused-ring (bicyclic) bond motifs is 1. The molecule has 3 heterocycles. The number of anilines is 4. The molecule has 1 unspecified atom stereocenters. The van der Waals surface area contributed by atoms with E-state index in [0.717, 1.165) is 70.8 Å². The summed E-state index contributed by atoms with van der Waals surface area (Å²) in [6.45, 7) is 9.81. The Bertz CT molecular complexity index is 2340. The molecule has 3 amide bonds. The lowest BCUT2D eigenvalue weighted by atomic mass is 9.90. The van der Waals surface area contributed by atoms with E-state index in [-0.39, 0.29) is 22.6 Å². The molecule has 13 heteroatoms. The van der Waals surface area contributed by atoms with E-state index >= 15 is 8.78 Å². The first-order valence-corrected chi connectivity index (χ1v) is 21.1. The molecule has 0 radical (unpaired) electrons. The summed E-state index contributed by atoms with van der Waals surface area (Å²) in [6, 6.07) is 15.6. The zero-order chi connectivity index (χ0) is 44.7. The quantitative estimate of drug-likeness (QED) is 0.0871. The normalized spacial score (nSPS) is 14.8. The molecule has 0 bridgehead atoms. The van der Waals surface area contributed by atoms with Crippen molar-refractivity contribution in [2.24, 2.45) is 0 Å². The Morgan fingerprint density at radius 3 is 2.39 bits per heavy atom. The van der Waals surface area contributed by atoms with Crippen LogP contribution in [0.5, 0.6) is 5.75 Å². The number of hydrogen-bond donors (Lipinski definition) is 1. The monoisotopic (exact) mass is 846 g/mol. The van der Waals surface area contributed by atoms with Crippen LogP contribution >= 0.6 is 0 Å². The van der Waals surface area contributed by atoms with Gasteiger partial charge in [-0.3, -0.25) is 29.5 Å². The van der Waals surface area contributed by atoms with Crippen LogP contribution in [0.25, 0.3) is 17.2 Å². The number of amides is 3. The van der Waals surface area contributed by atoms with Gasteiger partial charge in [-0.05, 0) is 92.6 Å². The van der Waals surface area contributed by atoms with Crippen LogP contribution in [0, 0.1) is 0 Å². The number of methoxy groups -OCH3 is 1. The summed E-state index contributed by atoms with van der Waals surface area (Å²) >= 11 is 0. The van der Waals surface area contributed by atoms with Gasteiger partial charge in [-0.2, -0.15) is 0 Å². The van der Waals surface area contributed by atoms with Gasteiger partial charge in [0.05, 0.1) is 18.4 Å². The molecule has 1 aromatic heterocycles. The Morgan fingerprint density at radius 2 is 1.77 bits per heavy atom. The van der Waals surface area contributed by atoms with Crippen LogP contribution in [0.1, 0.15) is 101 Å². The molecule has 2 aliphatic heterocycles. The third-order valence-electron chi connectivity index (χ3n) is 12.0. The zero-order valence-corrected chi connectivity index (χ0v) is 36.4. The van der Waals surface area contributed by atoms with E-state index in [1.807, 2.05) is 63.2 Å². The van der Waals surface area contributed by atoms with E-state index in [1.165, 1.54) is 11.9 Å². The molecule has 1 saturated heterocycles. The second kappa shape index (κ2) is 20.0. The molecule has 3 aromatic carbocycles. The van der Waals surface area contributed by atoms with E-state index in [0.29, 0.717) is 62.0 Å². The van der Waals surface area contributed by atoms with E-state index < -0.39 is 24.3 Å². The first-order chi connectivity index (χ1) is 29.8. The second-order valence-electron chi connectivity index (χ2n) is 16.2. The third kappa shape index (κ3) is 9.56. The largest absolute Gasteiger partial charge is 0.497 e. The van der Waals surface area contributed by atoms with Crippen molar-refractivity contribution >= 4 is 53.3 Å². The second-order valence-corrected chi connectivity index (χ2v) is 16.2. The molecular weight excluding hydrogens is 791 g/mol. The number of piperidine rings is 1. The number of pyridine rings is 1. The van der Waals surface area contributed by atoms with Gasteiger partial charge in [-0.1, -0.05) is 37.6 Å². The third-order valence-corrected chi connectivity index (χ3v) is 12.0. The van der Waals surface area contributed by atoms with E-state index in [2.05, 4.69) is 27.8 Å². The summed E-state index contributed by atoms with van der Waals surface area (Å²) in [7, 11) is 7.06. The Balaban J connectivity index is 1.21. The van der Waals surface area contributed by atoms with E-state index in [9.17, 15) is 19.2 Å². The van der Waals surface area contributed by atoms with Crippen molar-refractivity contribution in [1.82, 2.24) is 15.2 Å². The number of carbonyl (C=O) groups excluding carboxylic acids is 4. The van der Waals surface area contributed by atoms with Crippen LogP contribution in [0.2, 0.25) is 0 Å². The summed E-state index contributed by atoms with van der Waals surface area (Å²) in [5.74, 6) is -0.252. The summed E-state index contributed by atoms with van der Waals surface area (Å²) < 4.78 is 35.8. The summed E-state index contributed by atoms with van der Waals surface area (Å²) in [5, 5.41) is 2.13. The fraction of sp³-hybridized carbons (Fsp3) is 0.367. The van der Waals surface area contributed by atoms with Crippen molar-refractivity contribution < 1.29 is 32.7 Å². The number of ether oxygens (including phenoxy) is 1. The van der Waals surface area contributed by atoms with Crippen LogP contribution in [0.15, 0.2) is 79.0 Å². The highest BCUT2D eigenvalue weighted by Gasteiger charge is 2.30. The number of imide groups is 1. The minimum absolute atomic E-state index is 0.0492. The Hall–Kier alpha value is -6.37. The maximum absolute atomic E-state index is 15.1. The Kier molecular flexibility index (Phi) is 14.6. The average molecular weight is 847 g/mol. The van der Waals surface area contributed by atoms with Gasteiger partial charge in [0, 0.05) is 110 Å². The number of hydrogen-bond acceptors (Lipinski definition) is 9. The van der Waals surface area contributed by atoms with Gasteiger partial charge in [0.15, 0.2) is 6.29 Å². The van der Waals surface area contributed by atoms with E-state index in [4.69, 9.17) is 9.72 Å². The lowest BCUT2D eigenvalue weighted by molar-refractivity contribution is -0.128. The van der Waals surface area contributed by atoms with Crippen molar-refractivity contribution in [3.8, 4) is 16.9 Å². The average Bonchev–Trinajstić information content (AvgIpc) is 3.29. The van der Waals surface area contributed by atoms with Crippen LogP contribution in [0.4, 0.5) is 31.5 Å². The fourth-order valence-electron chi connectivity index (χ4n) is 8.61. The lowest BCUT2D eigenvalue weighted by Gasteiger charge is -2.35. The van der Waals surface area contributed by atoms with Crippen LogP contribution in [-0.4, -0.2) is 88.3 Å². The highest BCUT2D eigenvalue weighted by Crippen LogP contribution is 2.45. The maximum atomic E-state index is 15.1. The van der Waals surface area contributed by atoms with Crippen molar-refractivity contribution in [3.05, 3.63) is 113 Å². The number of halogens is 2. The predicted molar refractivity (Wildman–Crippen MR) is 242 cm³/mol. The van der Waals surface area contributed by atoms with Crippen LogP contribution < -0.4 is 24.8 Å². The maximum Gasteiger partial charge on any atom is 0.264 e. The number of nitrogens with zero attached hydrogens (tertiary/aromatic N) is 5.